The Morgan fingerprint density at radius 2 is 2.18 bits per heavy atom. The summed E-state index contributed by atoms with van der Waals surface area (Å²) >= 11 is 0. The van der Waals surface area contributed by atoms with Crippen LogP contribution < -0.4 is 10.2 Å². The summed E-state index contributed by atoms with van der Waals surface area (Å²) < 4.78 is 10.4. The Morgan fingerprint density at radius 3 is 2.95 bits per heavy atom. The largest absolute Gasteiger partial charge is 0.465 e. The summed E-state index contributed by atoms with van der Waals surface area (Å²) in [4.78, 5) is 13.9. The van der Waals surface area contributed by atoms with Crippen molar-refractivity contribution < 1.29 is 13.9 Å². The van der Waals surface area contributed by atoms with Crippen LogP contribution in [0.4, 0.5) is 11.4 Å². The van der Waals surface area contributed by atoms with E-state index >= 15 is 0 Å². The zero-order valence-electron chi connectivity index (χ0n) is 12.6. The fourth-order valence-corrected chi connectivity index (χ4v) is 2.63. The highest BCUT2D eigenvalue weighted by molar-refractivity contribution is 5.90. The van der Waals surface area contributed by atoms with Crippen molar-refractivity contribution in [2.75, 3.05) is 30.4 Å². The molecule has 1 aliphatic rings. The molecule has 1 aromatic heterocycles. The van der Waals surface area contributed by atoms with Gasteiger partial charge < -0.3 is 19.4 Å². The number of methoxy groups -OCH3 is 1. The van der Waals surface area contributed by atoms with Gasteiger partial charge in [-0.15, -0.1) is 12.4 Å². The first-order valence-electron chi connectivity index (χ1n) is 6.94. The molecule has 0 bridgehead atoms. The smallest absolute Gasteiger partial charge is 0.341 e. The maximum absolute atomic E-state index is 11.6. The van der Waals surface area contributed by atoms with Gasteiger partial charge >= 0.3 is 5.97 Å². The molecule has 22 heavy (non-hydrogen) atoms. The quantitative estimate of drug-likeness (QED) is 0.879. The molecule has 0 radical (unpaired) electrons. The van der Waals surface area contributed by atoms with E-state index in [9.17, 15) is 4.79 Å². The molecule has 0 atom stereocenters. The van der Waals surface area contributed by atoms with Crippen LogP contribution in [0.2, 0.25) is 0 Å². The van der Waals surface area contributed by atoms with Gasteiger partial charge in [0, 0.05) is 13.1 Å². The number of hydrogen-bond acceptors (Lipinski definition) is 5. The molecule has 0 spiro atoms. The second-order valence-corrected chi connectivity index (χ2v) is 5.04. The van der Waals surface area contributed by atoms with E-state index in [1.54, 1.807) is 13.0 Å². The first kappa shape index (κ1) is 16.2. The lowest BCUT2D eigenvalue weighted by Crippen LogP contribution is -2.33. The van der Waals surface area contributed by atoms with Gasteiger partial charge in [0.2, 0.25) is 0 Å². The highest BCUT2D eigenvalue weighted by atomic mass is 35.5. The minimum atomic E-state index is -0.358. The van der Waals surface area contributed by atoms with Gasteiger partial charge in [-0.25, -0.2) is 4.79 Å². The number of nitrogens with zero attached hydrogens (tertiary/aromatic N) is 1. The normalized spacial score (nSPS) is 12.9. The summed E-state index contributed by atoms with van der Waals surface area (Å²) in [7, 11) is 1.38. The third-order valence-corrected chi connectivity index (χ3v) is 3.66. The van der Waals surface area contributed by atoms with E-state index in [1.165, 1.54) is 7.11 Å². The van der Waals surface area contributed by atoms with Crippen LogP contribution in [0.3, 0.4) is 0 Å². The molecule has 1 aliphatic heterocycles. The molecule has 5 nitrogen and oxygen atoms in total. The van der Waals surface area contributed by atoms with Crippen LogP contribution in [0.15, 0.2) is 34.7 Å². The van der Waals surface area contributed by atoms with Gasteiger partial charge in [0.15, 0.2) is 0 Å². The van der Waals surface area contributed by atoms with Crippen LogP contribution in [-0.4, -0.2) is 26.2 Å². The van der Waals surface area contributed by atoms with E-state index in [-0.39, 0.29) is 18.4 Å². The van der Waals surface area contributed by atoms with Crippen molar-refractivity contribution in [2.24, 2.45) is 0 Å². The number of hydrogen-bond donors (Lipinski definition) is 1. The fourth-order valence-electron chi connectivity index (χ4n) is 2.63. The maximum Gasteiger partial charge on any atom is 0.341 e. The Balaban J connectivity index is 0.00000176. The molecule has 0 amide bonds. The van der Waals surface area contributed by atoms with Crippen LogP contribution in [0.5, 0.6) is 0 Å². The third-order valence-electron chi connectivity index (χ3n) is 3.66. The van der Waals surface area contributed by atoms with E-state index < -0.39 is 0 Å². The number of ether oxygens (including phenoxy) is 1. The van der Waals surface area contributed by atoms with E-state index in [0.29, 0.717) is 17.9 Å². The summed E-state index contributed by atoms with van der Waals surface area (Å²) in [6.07, 6.45) is 0. The molecule has 2 heterocycles. The molecule has 0 saturated heterocycles. The first-order valence-corrected chi connectivity index (χ1v) is 6.94. The molecule has 6 heteroatoms. The average Bonchev–Trinajstić information content (AvgIpc) is 2.87. The number of furan rings is 1. The number of rotatable bonds is 3. The van der Waals surface area contributed by atoms with Crippen LogP contribution in [-0.2, 0) is 11.3 Å². The number of para-hydroxylation sites is 2. The molecular weight excluding hydrogens is 304 g/mol. The number of anilines is 2. The summed E-state index contributed by atoms with van der Waals surface area (Å²) in [5.41, 5.74) is 2.77. The summed E-state index contributed by atoms with van der Waals surface area (Å²) in [6, 6.07) is 9.95. The van der Waals surface area contributed by atoms with E-state index in [1.807, 2.05) is 12.1 Å². The predicted molar refractivity (Wildman–Crippen MR) is 88.0 cm³/mol. The zero-order valence-corrected chi connectivity index (χ0v) is 13.4. The lowest BCUT2D eigenvalue weighted by molar-refractivity contribution is 0.0599. The Kier molecular flexibility index (Phi) is 4.98. The van der Waals surface area contributed by atoms with Crippen molar-refractivity contribution in [3.63, 3.8) is 0 Å². The van der Waals surface area contributed by atoms with Gasteiger partial charge in [0.25, 0.3) is 0 Å². The Labute approximate surface area is 135 Å². The monoisotopic (exact) mass is 322 g/mol. The number of nitrogens with one attached hydrogen (secondary N) is 1. The SMILES string of the molecule is COC(=O)c1cc(CN2CCNc3ccccc32)oc1C.Cl. The van der Waals surface area contributed by atoms with Crippen molar-refractivity contribution in [3.8, 4) is 0 Å². The molecule has 1 N–H and O–H groups in total. The van der Waals surface area contributed by atoms with Crippen molar-refractivity contribution in [3.05, 3.63) is 47.4 Å². The van der Waals surface area contributed by atoms with Crippen molar-refractivity contribution in [2.45, 2.75) is 13.5 Å². The lowest BCUT2D eigenvalue weighted by Gasteiger charge is -2.31. The van der Waals surface area contributed by atoms with E-state index in [0.717, 1.165) is 30.2 Å². The maximum atomic E-state index is 11.6. The van der Waals surface area contributed by atoms with Gasteiger partial charge in [0.05, 0.1) is 25.0 Å². The number of carbonyl (C=O) groups is 1. The summed E-state index contributed by atoms with van der Waals surface area (Å²) in [5.74, 6) is 1.01. The van der Waals surface area contributed by atoms with Gasteiger partial charge in [-0.1, -0.05) is 12.1 Å². The van der Waals surface area contributed by atoms with E-state index in [4.69, 9.17) is 9.15 Å². The van der Waals surface area contributed by atoms with Gasteiger partial charge in [-0.05, 0) is 25.1 Å². The zero-order chi connectivity index (χ0) is 14.8. The number of aryl methyl sites for hydroxylation is 1. The Bertz CT molecular complexity index is 669. The molecule has 1 aromatic carbocycles. The molecule has 0 aliphatic carbocycles. The van der Waals surface area contributed by atoms with Gasteiger partial charge in [-0.2, -0.15) is 0 Å². The predicted octanol–water partition coefficient (Wildman–Crippen LogP) is 3.23. The van der Waals surface area contributed by atoms with Crippen molar-refractivity contribution in [1.82, 2.24) is 0 Å². The van der Waals surface area contributed by atoms with Crippen LogP contribution in [0.25, 0.3) is 0 Å². The Hall–Kier alpha value is -2.14. The molecule has 118 valence electrons. The van der Waals surface area contributed by atoms with E-state index in [2.05, 4.69) is 22.3 Å². The standard InChI is InChI=1S/C16H18N2O3.ClH/c1-11-13(16(19)20-2)9-12(21-11)10-18-8-7-17-14-5-3-4-6-15(14)18;/h3-6,9,17H,7-8,10H2,1-2H3;1H. The number of halogens is 1. The average molecular weight is 323 g/mol. The number of esters is 1. The van der Waals surface area contributed by atoms with Crippen LogP contribution in [0.1, 0.15) is 21.9 Å². The second-order valence-electron chi connectivity index (χ2n) is 5.04. The number of benzene rings is 1. The molecule has 0 fully saturated rings. The van der Waals surface area contributed by atoms with Gasteiger partial charge in [0.1, 0.15) is 17.1 Å². The summed E-state index contributed by atoms with van der Waals surface area (Å²) in [6.45, 7) is 4.20. The number of fused-ring (bicyclic) bond motifs is 1. The molecule has 2 aromatic rings. The first-order chi connectivity index (χ1) is 10.2. The minimum absolute atomic E-state index is 0. The molecule has 0 unspecified atom stereocenters. The second kappa shape index (κ2) is 6.75. The van der Waals surface area contributed by atoms with Crippen molar-refractivity contribution >= 4 is 29.8 Å². The topological polar surface area (TPSA) is 54.7 Å². The Morgan fingerprint density at radius 1 is 1.41 bits per heavy atom. The molecule has 3 rings (SSSR count). The van der Waals surface area contributed by atoms with Crippen molar-refractivity contribution in [1.29, 1.82) is 0 Å². The number of carbonyl (C=O) groups excluding carboxylic acids is 1. The van der Waals surface area contributed by atoms with Crippen LogP contribution >= 0.6 is 12.4 Å². The lowest BCUT2D eigenvalue weighted by atomic mass is 10.2. The highest BCUT2D eigenvalue weighted by Crippen LogP contribution is 2.30. The van der Waals surface area contributed by atoms with Gasteiger partial charge in [-0.3, -0.25) is 0 Å². The van der Waals surface area contributed by atoms with Crippen LogP contribution in [0, 0.1) is 6.92 Å². The minimum Gasteiger partial charge on any atom is -0.465 e. The summed E-state index contributed by atoms with van der Waals surface area (Å²) in [5, 5.41) is 3.38. The third kappa shape index (κ3) is 3.04. The molecular formula is C16H19ClN2O3. The molecule has 0 saturated carbocycles. The highest BCUT2D eigenvalue weighted by Gasteiger charge is 2.20. The fraction of sp³-hybridized carbons (Fsp3) is 0.312.